The van der Waals surface area contributed by atoms with Gasteiger partial charge in [-0.2, -0.15) is 0 Å². The van der Waals surface area contributed by atoms with Crippen molar-refractivity contribution in [3.63, 3.8) is 0 Å². The number of rotatable bonds is 2. The first-order chi connectivity index (χ1) is 8.82. The molecule has 0 spiro atoms. The zero-order valence-corrected chi connectivity index (χ0v) is 12.0. The Bertz CT molecular complexity index is 572. The van der Waals surface area contributed by atoms with Crippen LogP contribution in [0.1, 0.15) is 25.5 Å². The predicted molar refractivity (Wildman–Crippen MR) is 74.5 cm³/mol. The molecule has 0 amide bonds. The van der Waals surface area contributed by atoms with Gasteiger partial charge in [-0.1, -0.05) is 12.1 Å². The van der Waals surface area contributed by atoms with Crippen molar-refractivity contribution in [1.29, 1.82) is 0 Å². The zero-order chi connectivity index (χ0) is 14.2. The molecule has 0 aliphatic carbocycles. The minimum atomic E-state index is -3.01. The Kier molecular flexibility index (Phi) is 3.82. The second kappa shape index (κ2) is 5.09. The average molecular weight is 286 g/mol. The van der Waals surface area contributed by atoms with E-state index in [1.807, 2.05) is 4.90 Å². The second-order valence-electron chi connectivity index (χ2n) is 5.12. The number of nitrogens with two attached hydrogens (primary N) is 1. The number of hydrogen-bond donors (Lipinski definition) is 1. The summed E-state index contributed by atoms with van der Waals surface area (Å²) in [5, 5.41) is 0. The van der Waals surface area contributed by atoms with Gasteiger partial charge in [0.15, 0.2) is 9.84 Å². The van der Waals surface area contributed by atoms with E-state index in [0.29, 0.717) is 17.8 Å². The van der Waals surface area contributed by atoms with Gasteiger partial charge in [0.05, 0.1) is 17.2 Å². The highest BCUT2D eigenvalue weighted by Gasteiger charge is 2.31. The van der Waals surface area contributed by atoms with Gasteiger partial charge in [0, 0.05) is 18.6 Å². The van der Waals surface area contributed by atoms with Crippen LogP contribution < -0.4 is 10.6 Å². The maximum absolute atomic E-state index is 14.1. The molecule has 1 aliphatic heterocycles. The minimum Gasteiger partial charge on any atom is -0.364 e. The monoisotopic (exact) mass is 286 g/mol. The lowest BCUT2D eigenvalue weighted by Crippen LogP contribution is -2.47. The molecule has 1 aromatic rings. The Morgan fingerprint density at radius 3 is 2.74 bits per heavy atom. The first kappa shape index (κ1) is 14.3. The molecular weight excluding hydrogens is 267 g/mol. The Balaban J connectivity index is 2.42. The molecule has 1 fully saturated rings. The quantitative estimate of drug-likeness (QED) is 0.894. The molecule has 4 nitrogen and oxygen atoms in total. The van der Waals surface area contributed by atoms with Crippen LogP contribution in [0.15, 0.2) is 18.2 Å². The fraction of sp³-hybridized carbons (Fsp3) is 0.538. The van der Waals surface area contributed by atoms with Crippen molar-refractivity contribution < 1.29 is 12.8 Å². The molecule has 2 atom stereocenters. The van der Waals surface area contributed by atoms with Crippen LogP contribution in [0, 0.1) is 5.82 Å². The van der Waals surface area contributed by atoms with Crippen LogP contribution in [0.4, 0.5) is 10.1 Å². The van der Waals surface area contributed by atoms with Crippen LogP contribution in [0.3, 0.4) is 0 Å². The highest BCUT2D eigenvalue weighted by atomic mass is 32.2. The molecule has 0 aromatic heterocycles. The van der Waals surface area contributed by atoms with Gasteiger partial charge in [-0.15, -0.1) is 0 Å². The molecule has 1 saturated heterocycles. The summed E-state index contributed by atoms with van der Waals surface area (Å²) in [6.45, 7) is 3.90. The molecule has 1 aliphatic rings. The second-order valence-corrected chi connectivity index (χ2v) is 7.35. The number of anilines is 1. The summed E-state index contributed by atoms with van der Waals surface area (Å²) in [6, 6.07) is 4.27. The van der Waals surface area contributed by atoms with E-state index < -0.39 is 9.84 Å². The lowest BCUT2D eigenvalue weighted by atomic mass is 10.0. The average Bonchev–Trinajstić information content (AvgIpc) is 2.28. The Morgan fingerprint density at radius 2 is 2.16 bits per heavy atom. The molecule has 1 aromatic carbocycles. The molecular formula is C13H19FN2O2S. The van der Waals surface area contributed by atoms with Crippen molar-refractivity contribution in [2.75, 3.05) is 23.0 Å². The van der Waals surface area contributed by atoms with Gasteiger partial charge in [-0.25, -0.2) is 12.8 Å². The van der Waals surface area contributed by atoms with E-state index in [2.05, 4.69) is 0 Å². The normalized spacial score (nSPS) is 24.2. The lowest BCUT2D eigenvalue weighted by molar-refractivity contribution is 0.556. The van der Waals surface area contributed by atoms with Crippen molar-refractivity contribution >= 4 is 15.5 Å². The highest BCUT2D eigenvalue weighted by molar-refractivity contribution is 7.91. The van der Waals surface area contributed by atoms with Crippen LogP contribution >= 0.6 is 0 Å². The van der Waals surface area contributed by atoms with Gasteiger partial charge in [0.2, 0.25) is 0 Å². The summed E-state index contributed by atoms with van der Waals surface area (Å²) < 4.78 is 37.3. The predicted octanol–water partition coefficient (Wildman–Crippen LogP) is 1.47. The Hall–Kier alpha value is -1.14. The minimum absolute atomic E-state index is 0.0553. The van der Waals surface area contributed by atoms with E-state index in [9.17, 15) is 12.8 Å². The molecule has 2 N–H and O–H groups in total. The van der Waals surface area contributed by atoms with Crippen LogP contribution in [0.2, 0.25) is 0 Å². The van der Waals surface area contributed by atoms with Crippen LogP contribution in [-0.2, 0) is 9.84 Å². The maximum atomic E-state index is 14.1. The van der Waals surface area contributed by atoms with E-state index in [4.69, 9.17) is 5.73 Å². The topological polar surface area (TPSA) is 63.4 Å². The van der Waals surface area contributed by atoms with Gasteiger partial charge >= 0.3 is 0 Å². The van der Waals surface area contributed by atoms with E-state index in [-0.39, 0.29) is 29.4 Å². The van der Waals surface area contributed by atoms with Crippen molar-refractivity contribution in [3.8, 4) is 0 Å². The summed E-state index contributed by atoms with van der Waals surface area (Å²) in [5.74, 6) is -0.231. The summed E-state index contributed by atoms with van der Waals surface area (Å²) in [7, 11) is -3.01. The van der Waals surface area contributed by atoms with Gasteiger partial charge < -0.3 is 10.6 Å². The SMILES string of the molecule is CC1CS(=O)(=O)CCN1c1c(F)cccc1[C@H](C)N. The van der Waals surface area contributed by atoms with Crippen LogP contribution in [0.25, 0.3) is 0 Å². The third kappa shape index (κ3) is 2.90. The number of nitrogens with zero attached hydrogens (tertiary/aromatic N) is 1. The summed E-state index contributed by atoms with van der Waals surface area (Å²) in [5.41, 5.74) is 7.04. The Morgan fingerprint density at radius 1 is 1.47 bits per heavy atom. The third-order valence-corrected chi connectivity index (χ3v) is 5.26. The van der Waals surface area contributed by atoms with Crippen molar-refractivity contribution in [2.24, 2.45) is 5.73 Å². The molecule has 0 radical (unpaired) electrons. The van der Waals surface area contributed by atoms with E-state index in [0.717, 1.165) is 0 Å². The largest absolute Gasteiger partial charge is 0.364 e. The van der Waals surface area contributed by atoms with Gasteiger partial charge in [-0.05, 0) is 25.5 Å². The lowest BCUT2D eigenvalue weighted by Gasteiger charge is -2.37. The first-order valence-electron chi connectivity index (χ1n) is 6.33. The summed E-state index contributed by atoms with van der Waals surface area (Å²) >= 11 is 0. The number of hydrogen-bond acceptors (Lipinski definition) is 4. The van der Waals surface area contributed by atoms with Crippen molar-refractivity contribution in [1.82, 2.24) is 0 Å². The fourth-order valence-electron chi connectivity index (χ4n) is 2.53. The molecule has 6 heteroatoms. The zero-order valence-electron chi connectivity index (χ0n) is 11.1. The molecule has 1 unspecified atom stereocenters. The van der Waals surface area contributed by atoms with Crippen LogP contribution in [0.5, 0.6) is 0 Å². The van der Waals surface area contributed by atoms with E-state index in [1.54, 1.807) is 26.0 Å². The molecule has 0 saturated carbocycles. The molecule has 19 heavy (non-hydrogen) atoms. The number of sulfone groups is 1. The third-order valence-electron chi connectivity index (χ3n) is 3.47. The van der Waals surface area contributed by atoms with Gasteiger partial charge in [0.1, 0.15) is 5.82 Å². The molecule has 1 heterocycles. The molecule has 106 valence electrons. The molecule has 0 bridgehead atoms. The van der Waals surface area contributed by atoms with Crippen molar-refractivity contribution in [2.45, 2.75) is 25.9 Å². The van der Waals surface area contributed by atoms with E-state index in [1.165, 1.54) is 6.07 Å². The highest BCUT2D eigenvalue weighted by Crippen LogP contribution is 2.31. The van der Waals surface area contributed by atoms with Crippen LogP contribution in [-0.4, -0.2) is 32.5 Å². The number of benzene rings is 1. The smallest absolute Gasteiger partial charge is 0.154 e. The number of halogens is 1. The van der Waals surface area contributed by atoms with E-state index >= 15 is 0 Å². The maximum Gasteiger partial charge on any atom is 0.154 e. The molecule has 2 rings (SSSR count). The standard InChI is InChI=1S/C13H19FN2O2S/c1-9-8-19(17,18)7-6-16(9)13-11(10(2)15)4-3-5-12(13)14/h3-5,9-10H,6-8,15H2,1-2H3/t9?,10-/m0/s1. The number of para-hydroxylation sites is 1. The summed E-state index contributed by atoms with van der Waals surface area (Å²) in [6.07, 6.45) is 0. The van der Waals surface area contributed by atoms with Crippen molar-refractivity contribution in [3.05, 3.63) is 29.6 Å². The van der Waals surface area contributed by atoms with Gasteiger partial charge in [-0.3, -0.25) is 0 Å². The first-order valence-corrected chi connectivity index (χ1v) is 8.15. The Labute approximate surface area is 113 Å². The summed E-state index contributed by atoms with van der Waals surface area (Å²) in [4.78, 5) is 1.81. The van der Waals surface area contributed by atoms with Gasteiger partial charge in [0.25, 0.3) is 0 Å². The fourth-order valence-corrected chi connectivity index (χ4v) is 4.09.